The van der Waals surface area contributed by atoms with E-state index in [1.807, 2.05) is 0 Å². The minimum absolute atomic E-state index is 0.570. The van der Waals surface area contributed by atoms with Gasteiger partial charge in [-0.1, -0.05) is 27.7 Å². The van der Waals surface area contributed by atoms with E-state index in [1.54, 1.807) is 0 Å². The number of nitrogens with zero attached hydrogens (tertiary/aromatic N) is 1. The Hall–Kier alpha value is -0.0800. The molecule has 2 aliphatic rings. The highest BCUT2D eigenvalue weighted by molar-refractivity contribution is 4.89. The lowest BCUT2D eigenvalue weighted by Gasteiger charge is -2.45. The van der Waals surface area contributed by atoms with Gasteiger partial charge in [-0.05, 0) is 75.4 Å². The van der Waals surface area contributed by atoms with Crippen molar-refractivity contribution < 1.29 is 0 Å². The lowest BCUT2D eigenvalue weighted by atomic mass is 9.70. The first-order valence-corrected chi connectivity index (χ1v) is 8.96. The van der Waals surface area contributed by atoms with Crippen molar-refractivity contribution in [3.8, 4) is 0 Å². The van der Waals surface area contributed by atoms with Crippen LogP contribution in [0.5, 0.6) is 0 Å². The lowest BCUT2D eigenvalue weighted by molar-refractivity contribution is 0.0470. The summed E-state index contributed by atoms with van der Waals surface area (Å²) >= 11 is 0. The van der Waals surface area contributed by atoms with Gasteiger partial charge in [-0.3, -0.25) is 4.90 Å². The van der Waals surface area contributed by atoms with Crippen molar-refractivity contribution in [3.63, 3.8) is 0 Å². The van der Waals surface area contributed by atoms with Crippen molar-refractivity contribution in [2.45, 2.75) is 72.3 Å². The minimum Gasteiger partial charge on any atom is -0.316 e. The van der Waals surface area contributed by atoms with Crippen LogP contribution in [0.3, 0.4) is 0 Å². The van der Waals surface area contributed by atoms with Crippen molar-refractivity contribution >= 4 is 0 Å². The molecule has 0 aromatic rings. The molecule has 3 atom stereocenters. The zero-order chi connectivity index (χ0) is 14.6. The highest BCUT2D eigenvalue weighted by atomic mass is 15.2. The van der Waals surface area contributed by atoms with Gasteiger partial charge in [-0.15, -0.1) is 0 Å². The van der Waals surface area contributed by atoms with Gasteiger partial charge in [0.15, 0.2) is 0 Å². The van der Waals surface area contributed by atoms with Gasteiger partial charge >= 0.3 is 0 Å². The number of piperidine rings is 1. The largest absolute Gasteiger partial charge is 0.316 e. The summed E-state index contributed by atoms with van der Waals surface area (Å²) in [6, 6.07) is 0.838. The Morgan fingerprint density at radius 3 is 2.65 bits per heavy atom. The number of hydrogen-bond acceptors (Lipinski definition) is 2. The molecule has 1 heterocycles. The Labute approximate surface area is 126 Å². The van der Waals surface area contributed by atoms with E-state index in [0.717, 1.165) is 17.9 Å². The van der Waals surface area contributed by atoms with Crippen LogP contribution < -0.4 is 5.32 Å². The molecule has 2 heteroatoms. The highest BCUT2D eigenvalue weighted by Gasteiger charge is 2.35. The normalized spacial score (nSPS) is 34.4. The van der Waals surface area contributed by atoms with Crippen LogP contribution in [0.2, 0.25) is 0 Å². The van der Waals surface area contributed by atoms with Crippen LogP contribution in [0.25, 0.3) is 0 Å². The predicted octanol–water partition coefficient (Wildman–Crippen LogP) is 3.91. The summed E-state index contributed by atoms with van der Waals surface area (Å²) in [5.41, 5.74) is 0.570. The first-order valence-electron chi connectivity index (χ1n) is 8.96. The van der Waals surface area contributed by atoms with Gasteiger partial charge in [0.05, 0.1) is 0 Å². The number of hydrogen-bond donors (Lipinski definition) is 1. The van der Waals surface area contributed by atoms with Gasteiger partial charge < -0.3 is 5.32 Å². The molecule has 2 rings (SSSR count). The molecule has 1 N–H and O–H groups in total. The summed E-state index contributed by atoms with van der Waals surface area (Å²) in [7, 11) is 0. The number of rotatable bonds is 5. The Kier molecular flexibility index (Phi) is 5.92. The Morgan fingerprint density at radius 1 is 1.25 bits per heavy atom. The standard InChI is InChI=1S/C18H36N2/c1-5-11-20(14-16-7-6-10-19-13-16)17-8-9-18(3,4)12-15(17)2/h15-17,19H,5-14H2,1-4H3. The van der Waals surface area contributed by atoms with Crippen LogP contribution in [0.15, 0.2) is 0 Å². The SMILES string of the molecule is CCCN(CC1CCCNC1)C1CCC(C)(C)CC1C. The fourth-order valence-corrected chi connectivity index (χ4v) is 4.57. The van der Waals surface area contributed by atoms with E-state index in [-0.39, 0.29) is 0 Å². The fourth-order valence-electron chi connectivity index (χ4n) is 4.57. The number of nitrogens with one attached hydrogen (secondary N) is 1. The summed E-state index contributed by atoms with van der Waals surface area (Å²) in [5, 5.41) is 3.58. The van der Waals surface area contributed by atoms with Crippen LogP contribution in [-0.4, -0.2) is 37.1 Å². The average molecular weight is 280 g/mol. The molecule has 3 unspecified atom stereocenters. The summed E-state index contributed by atoms with van der Waals surface area (Å²) in [5.74, 6) is 1.75. The molecule has 0 aromatic heterocycles. The maximum atomic E-state index is 3.58. The first kappa shape index (κ1) is 16.3. The molecule has 1 aliphatic heterocycles. The van der Waals surface area contributed by atoms with Crippen molar-refractivity contribution in [2.75, 3.05) is 26.2 Å². The maximum Gasteiger partial charge on any atom is 0.0121 e. The molecule has 0 radical (unpaired) electrons. The minimum atomic E-state index is 0.570. The highest BCUT2D eigenvalue weighted by Crippen LogP contribution is 2.40. The molecule has 0 aromatic carbocycles. The summed E-state index contributed by atoms with van der Waals surface area (Å²) in [4.78, 5) is 2.84. The third-order valence-electron chi connectivity index (χ3n) is 5.52. The lowest BCUT2D eigenvalue weighted by Crippen LogP contribution is -2.48. The molecule has 118 valence electrons. The van der Waals surface area contributed by atoms with Crippen LogP contribution in [0, 0.1) is 17.3 Å². The van der Waals surface area contributed by atoms with Gasteiger partial charge in [0.25, 0.3) is 0 Å². The third kappa shape index (κ3) is 4.46. The smallest absolute Gasteiger partial charge is 0.0121 e. The van der Waals surface area contributed by atoms with Crippen molar-refractivity contribution in [1.29, 1.82) is 0 Å². The van der Waals surface area contributed by atoms with Crippen molar-refractivity contribution in [1.82, 2.24) is 10.2 Å². The Balaban J connectivity index is 1.93. The van der Waals surface area contributed by atoms with Gasteiger partial charge in [-0.25, -0.2) is 0 Å². The molecule has 1 aliphatic carbocycles. The van der Waals surface area contributed by atoms with Gasteiger partial charge in [0, 0.05) is 12.6 Å². The Bertz CT molecular complexity index is 281. The average Bonchev–Trinajstić information content (AvgIpc) is 2.38. The van der Waals surface area contributed by atoms with E-state index in [0.29, 0.717) is 5.41 Å². The second kappa shape index (κ2) is 7.26. The molecular weight excluding hydrogens is 244 g/mol. The van der Waals surface area contributed by atoms with Gasteiger partial charge in [0.1, 0.15) is 0 Å². The van der Waals surface area contributed by atoms with Crippen LogP contribution in [0.4, 0.5) is 0 Å². The first-order chi connectivity index (χ1) is 9.52. The zero-order valence-corrected chi connectivity index (χ0v) is 14.3. The van der Waals surface area contributed by atoms with Crippen LogP contribution in [0.1, 0.15) is 66.2 Å². The molecule has 0 spiro atoms. The third-order valence-corrected chi connectivity index (χ3v) is 5.52. The summed E-state index contributed by atoms with van der Waals surface area (Å²) < 4.78 is 0. The van der Waals surface area contributed by atoms with Gasteiger partial charge in [0.2, 0.25) is 0 Å². The molecule has 2 nitrogen and oxygen atoms in total. The molecule has 1 saturated heterocycles. The predicted molar refractivity (Wildman–Crippen MR) is 88.0 cm³/mol. The van der Waals surface area contributed by atoms with Gasteiger partial charge in [-0.2, -0.15) is 0 Å². The summed E-state index contributed by atoms with van der Waals surface area (Å²) in [6.07, 6.45) is 8.32. The zero-order valence-electron chi connectivity index (χ0n) is 14.3. The van der Waals surface area contributed by atoms with E-state index < -0.39 is 0 Å². The van der Waals surface area contributed by atoms with E-state index >= 15 is 0 Å². The van der Waals surface area contributed by atoms with E-state index in [9.17, 15) is 0 Å². The molecule has 0 amide bonds. The van der Waals surface area contributed by atoms with Crippen molar-refractivity contribution in [2.24, 2.45) is 17.3 Å². The van der Waals surface area contributed by atoms with E-state index in [4.69, 9.17) is 0 Å². The topological polar surface area (TPSA) is 15.3 Å². The molecule has 1 saturated carbocycles. The maximum absolute atomic E-state index is 3.58. The molecule has 20 heavy (non-hydrogen) atoms. The second-order valence-corrected chi connectivity index (χ2v) is 8.16. The second-order valence-electron chi connectivity index (χ2n) is 8.16. The quantitative estimate of drug-likeness (QED) is 0.821. The molecule has 2 fully saturated rings. The molecular formula is C18H36N2. The monoisotopic (exact) mass is 280 g/mol. The van der Waals surface area contributed by atoms with E-state index in [2.05, 4.69) is 37.9 Å². The Morgan fingerprint density at radius 2 is 2.05 bits per heavy atom. The molecule has 0 bridgehead atoms. The fraction of sp³-hybridized carbons (Fsp3) is 1.00. The van der Waals surface area contributed by atoms with E-state index in [1.165, 1.54) is 64.7 Å². The van der Waals surface area contributed by atoms with Crippen molar-refractivity contribution in [3.05, 3.63) is 0 Å². The van der Waals surface area contributed by atoms with Crippen LogP contribution in [-0.2, 0) is 0 Å². The summed E-state index contributed by atoms with van der Waals surface area (Å²) in [6.45, 7) is 14.8. The van der Waals surface area contributed by atoms with Crippen LogP contribution >= 0.6 is 0 Å².